The summed E-state index contributed by atoms with van der Waals surface area (Å²) in [6.07, 6.45) is 1.58. The van der Waals surface area contributed by atoms with Crippen LogP contribution in [0, 0.1) is 5.92 Å². The van der Waals surface area contributed by atoms with Crippen LogP contribution in [0.1, 0.15) is 23.2 Å². The summed E-state index contributed by atoms with van der Waals surface area (Å²) in [5, 5.41) is 0. The zero-order chi connectivity index (χ0) is 18.7. The largest absolute Gasteiger partial charge is 0.377 e. The Balaban J connectivity index is 1.80. The van der Waals surface area contributed by atoms with Gasteiger partial charge in [0.1, 0.15) is 0 Å². The van der Waals surface area contributed by atoms with E-state index in [-0.39, 0.29) is 17.7 Å². The first kappa shape index (κ1) is 18.0. The average Bonchev–Trinajstić information content (AvgIpc) is 2.67. The lowest BCUT2D eigenvalue weighted by Crippen LogP contribution is -2.44. The summed E-state index contributed by atoms with van der Waals surface area (Å²) in [7, 11) is 4.03. The van der Waals surface area contributed by atoms with Crippen LogP contribution in [-0.2, 0) is 4.79 Å². The Morgan fingerprint density at radius 1 is 1.08 bits per heavy atom. The summed E-state index contributed by atoms with van der Waals surface area (Å²) in [4.78, 5) is 28.0. The van der Waals surface area contributed by atoms with Gasteiger partial charge >= 0.3 is 0 Å². The summed E-state index contributed by atoms with van der Waals surface area (Å²) < 4.78 is 0. The van der Waals surface area contributed by atoms with E-state index in [2.05, 4.69) is 17.0 Å². The maximum atomic E-state index is 12.8. The maximum absolute atomic E-state index is 12.8. The highest BCUT2D eigenvalue weighted by molar-refractivity contribution is 5.95. The topological polar surface area (TPSA) is 66.6 Å². The summed E-state index contributed by atoms with van der Waals surface area (Å²) in [5.74, 6) is -0.597. The Morgan fingerprint density at radius 3 is 2.42 bits per heavy atom. The summed E-state index contributed by atoms with van der Waals surface area (Å²) in [6, 6.07) is 15.9. The van der Waals surface area contributed by atoms with Gasteiger partial charge < -0.3 is 15.5 Å². The number of likely N-dealkylation sites (tertiary alicyclic amines) is 1. The van der Waals surface area contributed by atoms with Crippen molar-refractivity contribution in [1.82, 2.24) is 4.90 Å². The molecule has 0 aliphatic carbocycles. The fourth-order valence-electron chi connectivity index (χ4n) is 3.48. The zero-order valence-corrected chi connectivity index (χ0v) is 15.3. The highest BCUT2D eigenvalue weighted by Crippen LogP contribution is 2.30. The number of amides is 2. The second-order valence-electron chi connectivity index (χ2n) is 6.98. The summed E-state index contributed by atoms with van der Waals surface area (Å²) in [5.41, 5.74) is 9.38. The molecule has 2 N–H and O–H groups in total. The lowest BCUT2D eigenvalue weighted by Gasteiger charge is -2.31. The molecule has 1 atom stereocenters. The van der Waals surface area contributed by atoms with Crippen LogP contribution in [0.5, 0.6) is 0 Å². The smallest absolute Gasteiger partial charge is 0.253 e. The van der Waals surface area contributed by atoms with Crippen molar-refractivity contribution in [2.45, 2.75) is 12.8 Å². The molecular weight excluding hydrogens is 326 g/mol. The molecule has 0 spiro atoms. The van der Waals surface area contributed by atoms with Crippen molar-refractivity contribution in [2.75, 3.05) is 32.1 Å². The van der Waals surface area contributed by atoms with E-state index >= 15 is 0 Å². The molecule has 3 rings (SSSR count). The van der Waals surface area contributed by atoms with Gasteiger partial charge in [-0.25, -0.2) is 0 Å². The summed E-state index contributed by atoms with van der Waals surface area (Å²) >= 11 is 0. The van der Waals surface area contributed by atoms with Gasteiger partial charge in [0.15, 0.2) is 0 Å². The van der Waals surface area contributed by atoms with Crippen molar-refractivity contribution < 1.29 is 9.59 Å². The van der Waals surface area contributed by atoms with Crippen LogP contribution >= 0.6 is 0 Å². The number of hydrogen-bond acceptors (Lipinski definition) is 3. The van der Waals surface area contributed by atoms with E-state index in [4.69, 9.17) is 5.73 Å². The van der Waals surface area contributed by atoms with Crippen molar-refractivity contribution in [3.8, 4) is 11.1 Å². The van der Waals surface area contributed by atoms with Gasteiger partial charge in [-0.3, -0.25) is 9.59 Å². The van der Waals surface area contributed by atoms with Gasteiger partial charge in [-0.1, -0.05) is 30.3 Å². The SMILES string of the molecule is CN(C)c1ccccc1-c1ccc(C(=O)N2CCC[C@H](C(N)=O)C2)cc1. The predicted molar refractivity (Wildman–Crippen MR) is 104 cm³/mol. The number of hydrogen-bond donors (Lipinski definition) is 1. The van der Waals surface area contributed by atoms with Gasteiger partial charge in [0.25, 0.3) is 5.91 Å². The first-order valence-corrected chi connectivity index (χ1v) is 8.92. The highest BCUT2D eigenvalue weighted by atomic mass is 16.2. The number of para-hydroxylation sites is 1. The second-order valence-corrected chi connectivity index (χ2v) is 6.98. The Bertz CT molecular complexity index is 799. The lowest BCUT2D eigenvalue weighted by atomic mass is 9.96. The molecule has 1 aliphatic heterocycles. The molecule has 0 radical (unpaired) electrons. The van der Waals surface area contributed by atoms with E-state index in [0.29, 0.717) is 18.7 Å². The number of piperidine rings is 1. The van der Waals surface area contributed by atoms with Crippen LogP contribution in [-0.4, -0.2) is 43.9 Å². The molecule has 2 aromatic rings. The van der Waals surface area contributed by atoms with Crippen molar-refractivity contribution in [3.05, 3.63) is 54.1 Å². The Kier molecular flexibility index (Phi) is 5.26. The van der Waals surface area contributed by atoms with Crippen molar-refractivity contribution in [1.29, 1.82) is 0 Å². The van der Waals surface area contributed by atoms with E-state index in [1.807, 2.05) is 50.5 Å². The fourth-order valence-corrected chi connectivity index (χ4v) is 3.48. The maximum Gasteiger partial charge on any atom is 0.253 e. The standard InChI is InChI=1S/C21H25N3O2/c1-23(2)19-8-4-3-7-18(19)15-9-11-16(12-10-15)21(26)24-13-5-6-17(14-24)20(22)25/h3-4,7-12,17H,5-6,13-14H2,1-2H3,(H2,22,25)/t17-/m0/s1. The van der Waals surface area contributed by atoms with Gasteiger partial charge in [0, 0.05) is 44.0 Å². The van der Waals surface area contributed by atoms with E-state index < -0.39 is 0 Å². The third-order valence-electron chi connectivity index (χ3n) is 4.94. The molecule has 0 unspecified atom stereocenters. The molecule has 1 heterocycles. The monoisotopic (exact) mass is 351 g/mol. The molecule has 5 nitrogen and oxygen atoms in total. The number of carbonyl (C=O) groups is 2. The number of nitrogens with two attached hydrogens (primary N) is 1. The van der Waals surface area contributed by atoms with Crippen LogP contribution in [0.15, 0.2) is 48.5 Å². The van der Waals surface area contributed by atoms with Crippen LogP contribution < -0.4 is 10.6 Å². The minimum absolute atomic E-state index is 0.0385. The average molecular weight is 351 g/mol. The van der Waals surface area contributed by atoms with E-state index in [0.717, 1.165) is 29.7 Å². The van der Waals surface area contributed by atoms with Gasteiger partial charge in [-0.05, 0) is 36.6 Å². The van der Waals surface area contributed by atoms with Crippen molar-refractivity contribution in [3.63, 3.8) is 0 Å². The molecule has 0 bridgehead atoms. The minimum atomic E-state index is -0.321. The molecule has 26 heavy (non-hydrogen) atoms. The van der Waals surface area contributed by atoms with Crippen molar-refractivity contribution >= 4 is 17.5 Å². The molecule has 2 aromatic carbocycles. The Morgan fingerprint density at radius 2 is 1.77 bits per heavy atom. The van der Waals surface area contributed by atoms with Crippen LogP contribution in [0.4, 0.5) is 5.69 Å². The van der Waals surface area contributed by atoms with Crippen LogP contribution in [0.2, 0.25) is 0 Å². The Labute approximate surface area is 154 Å². The van der Waals surface area contributed by atoms with Gasteiger partial charge in [0.05, 0.1) is 5.92 Å². The first-order chi connectivity index (χ1) is 12.5. The Hall–Kier alpha value is -2.82. The molecule has 1 saturated heterocycles. The first-order valence-electron chi connectivity index (χ1n) is 8.92. The molecule has 0 aromatic heterocycles. The molecular formula is C21H25N3O2. The number of nitrogens with zero attached hydrogens (tertiary/aromatic N) is 2. The van der Waals surface area contributed by atoms with Gasteiger partial charge in [-0.2, -0.15) is 0 Å². The molecule has 5 heteroatoms. The third-order valence-corrected chi connectivity index (χ3v) is 4.94. The predicted octanol–water partition coefficient (Wildman–Crippen LogP) is 2.76. The molecule has 2 amide bonds. The third kappa shape index (κ3) is 3.72. The molecule has 0 saturated carbocycles. The van der Waals surface area contributed by atoms with Gasteiger partial charge in [0.2, 0.25) is 5.91 Å². The molecule has 136 valence electrons. The number of primary amides is 1. The second kappa shape index (κ2) is 7.60. The number of anilines is 1. The number of carbonyl (C=O) groups excluding carboxylic acids is 2. The van der Waals surface area contributed by atoms with Crippen molar-refractivity contribution in [2.24, 2.45) is 11.7 Å². The van der Waals surface area contributed by atoms with E-state index in [9.17, 15) is 9.59 Å². The quantitative estimate of drug-likeness (QED) is 0.921. The molecule has 1 aliphatic rings. The minimum Gasteiger partial charge on any atom is -0.377 e. The van der Waals surface area contributed by atoms with Gasteiger partial charge in [-0.15, -0.1) is 0 Å². The summed E-state index contributed by atoms with van der Waals surface area (Å²) in [6.45, 7) is 1.09. The van der Waals surface area contributed by atoms with E-state index in [1.54, 1.807) is 4.90 Å². The number of benzene rings is 2. The highest BCUT2D eigenvalue weighted by Gasteiger charge is 2.27. The fraction of sp³-hybridized carbons (Fsp3) is 0.333. The molecule has 1 fully saturated rings. The van der Waals surface area contributed by atoms with Crippen LogP contribution in [0.3, 0.4) is 0 Å². The normalized spacial score (nSPS) is 17.0. The number of rotatable bonds is 4. The zero-order valence-electron chi connectivity index (χ0n) is 15.3. The van der Waals surface area contributed by atoms with E-state index in [1.165, 1.54) is 0 Å². The lowest BCUT2D eigenvalue weighted by molar-refractivity contribution is -0.123. The van der Waals surface area contributed by atoms with Crippen LogP contribution in [0.25, 0.3) is 11.1 Å².